The normalized spacial score (nSPS) is 11.4. The molecule has 0 bridgehead atoms. The van der Waals surface area contributed by atoms with E-state index in [1.807, 2.05) is 6.92 Å². The van der Waals surface area contributed by atoms with Gasteiger partial charge in [-0.2, -0.15) is 18.3 Å². The zero-order valence-corrected chi connectivity index (χ0v) is 14.3. The molecule has 1 heterocycles. The number of halogens is 3. The molecule has 5 nitrogen and oxygen atoms in total. The summed E-state index contributed by atoms with van der Waals surface area (Å²) in [6.45, 7) is 2.69. The molecule has 0 fully saturated rings. The Kier molecular flexibility index (Phi) is 6.54. The van der Waals surface area contributed by atoms with Crippen LogP contribution < -0.4 is 10.9 Å². The first-order valence-electron chi connectivity index (χ1n) is 8.33. The van der Waals surface area contributed by atoms with Gasteiger partial charge in [-0.05, 0) is 36.6 Å². The Bertz CT molecular complexity index is 799. The molecular formula is C18H20F3N3O2. The molecule has 140 valence electrons. The van der Waals surface area contributed by atoms with E-state index in [0.717, 1.165) is 25.0 Å². The van der Waals surface area contributed by atoms with E-state index in [4.69, 9.17) is 0 Å². The maximum Gasteiger partial charge on any atom is 0.416 e. The lowest BCUT2D eigenvalue weighted by atomic mass is 10.1. The summed E-state index contributed by atoms with van der Waals surface area (Å²) in [6, 6.07) is 7.46. The van der Waals surface area contributed by atoms with Crippen molar-refractivity contribution in [3.05, 3.63) is 63.6 Å². The van der Waals surface area contributed by atoms with Crippen molar-refractivity contribution in [3.8, 4) is 0 Å². The second-order valence-electron chi connectivity index (χ2n) is 5.83. The quantitative estimate of drug-likeness (QED) is 0.818. The van der Waals surface area contributed by atoms with Crippen molar-refractivity contribution in [2.75, 3.05) is 6.54 Å². The fourth-order valence-corrected chi connectivity index (χ4v) is 2.31. The first-order valence-corrected chi connectivity index (χ1v) is 8.33. The maximum atomic E-state index is 12.5. The van der Waals surface area contributed by atoms with Crippen LogP contribution in [0.5, 0.6) is 0 Å². The van der Waals surface area contributed by atoms with Crippen LogP contribution in [0, 0.1) is 0 Å². The highest BCUT2D eigenvalue weighted by Gasteiger charge is 2.29. The number of alkyl halides is 3. The second kappa shape index (κ2) is 8.64. The predicted molar refractivity (Wildman–Crippen MR) is 90.9 cm³/mol. The Balaban J connectivity index is 1.91. The molecule has 1 N–H and O–H groups in total. The van der Waals surface area contributed by atoms with Gasteiger partial charge in [0.2, 0.25) is 0 Å². The summed E-state index contributed by atoms with van der Waals surface area (Å²) in [6.07, 6.45) is -2.29. The summed E-state index contributed by atoms with van der Waals surface area (Å²) in [5.41, 5.74) is -0.157. The number of carbonyl (C=O) groups is 1. The van der Waals surface area contributed by atoms with Crippen molar-refractivity contribution in [3.63, 3.8) is 0 Å². The van der Waals surface area contributed by atoms with Gasteiger partial charge in [-0.3, -0.25) is 9.59 Å². The van der Waals surface area contributed by atoms with Crippen molar-refractivity contribution in [2.24, 2.45) is 0 Å². The minimum atomic E-state index is -4.36. The average molecular weight is 367 g/mol. The Morgan fingerprint density at radius 1 is 1.15 bits per heavy atom. The minimum absolute atomic E-state index is 0.133. The van der Waals surface area contributed by atoms with Crippen LogP contribution >= 0.6 is 0 Å². The van der Waals surface area contributed by atoms with Gasteiger partial charge in [-0.25, -0.2) is 4.68 Å². The van der Waals surface area contributed by atoms with Crippen LogP contribution in [0.2, 0.25) is 0 Å². The molecule has 0 aliphatic rings. The molecule has 0 aliphatic heterocycles. The van der Waals surface area contributed by atoms with Crippen LogP contribution in [-0.4, -0.2) is 22.2 Å². The molecule has 8 heteroatoms. The maximum absolute atomic E-state index is 12.5. The number of carbonyl (C=O) groups excluding carboxylic acids is 1. The molecular weight excluding hydrogens is 347 g/mol. The molecule has 0 unspecified atom stereocenters. The number of nitrogens with zero attached hydrogens (tertiary/aromatic N) is 2. The van der Waals surface area contributed by atoms with E-state index in [1.54, 1.807) is 0 Å². The molecule has 1 amide bonds. The van der Waals surface area contributed by atoms with Gasteiger partial charge in [0, 0.05) is 19.2 Å². The molecule has 26 heavy (non-hydrogen) atoms. The van der Waals surface area contributed by atoms with Gasteiger partial charge < -0.3 is 5.32 Å². The number of rotatable bonds is 7. The third-order valence-corrected chi connectivity index (χ3v) is 3.80. The highest BCUT2D eigenvalue weighted by molar-refractivity contribution is 5.91. The third-order valence-electron chi connectivity index (χ3n) is 3.80. The molecule has 0 radical (unpaired) electrons. The average Bonchev–Trinajstić information content (AvgIpc) is 2.60. The van der Waals surface area contributed by atoms with Gasteiger partial charge in [0.25, 0.3) is 11.5 Å². The molecule has 1 aromatic heterocycles. The predicted octanol–water partition coefficient (Wildman–Crippen LogP) is 3.03. The first-order chi connectivity index (χ1) is 12.3. The van der Waals surface area contributed by atoms with Crippen molar-refractivity contribution in [1.29, 1.82) is 0 Å². The Morgan fingerprint density at radius 2 is 1.85 bits per heavy atom. The van der Waals surface area contributed by atoms with Gasteiger partial charge in [-0.1, -0.05) is 25.5 Å². The van der Waals surface area contributed by atoms with Crippen LogP contribution in [0.15, 0.2) is 41.2 Å². The van der Waals surface area contributed by atoms with E-state index < -0.39 is 17.6 Å². The Morgan fingerprint density at radius 3 is 2.46 bits per heavy atom. The zero-order valence-electron chi connectivity index (χ0n) is 14.3. The Labute approximate surface area is 148 Å². The molecule has 0 saturated carbocycles. The van der Waals surface area contributed by atoms with Gasteiger partial charge in [0.15, 0.2) is 0 Å². The van der Waals surface area contributed by atoms with E-state index in [9.17, 15) is 22.8 Å². The molecule has 0 spiro atoms. The Hall–Kier alpha value is -2.64. The summed E-state index contributed by atoms with van der Waals surface area (Å²) in [5, 5.41) is 6.70. The van der Waals surface area contributed by atoms with Gasteiger partial charge in [0.05, 0.1) is 5.56 Å². The number of hydrogen-bond donors (Lipinski definition) is 1. The van der Waals surface area contributed by atoms with Gasteiger partial charge >= 0.3 is 6.18 Å². The highest BCUT2D eigenvalue weighted by Crippen LogP contribution is 2.29. The smallest absolute Gasteiger partial charge is 0.350 e. The number of unbranched alkanes of at least 4 members (excludes halogenated alkanes) is 1. The number of aromatic nitrogens is 2. The zero-order chi connectivity index (χ0) is 19.2. The molecule has 2 aromatic rings. The van der Waals surface area contributed by atoms with E-state index in [0.29, 0.717) is 18.5 Å². The monoisotopic (exact) mass is 367 g/mol. The number of amides is 1. The van der Waals surface area contributed by atoms with Crippen LogP contribution in [0.4, 0.5) is 13.2 Å². The van der Waals surface area contributed by atoms with E-state index in [1.165, 1.54) is 28.9 Å². The third kappa shape index (κ3) is 5.44. The van der Waals surface area contributed by atoms with E-state index >= 15 is 0 Å². The standard InChI is InChI=1S/C18H20F3N3O2/c1-2-3-12-24-16(25)9-8-15(23-24)17(26)22-11-10-13-4-6-14(7-5-13)18(19,20)21/h4-9H,2-3,10-12H2,1H3,(H,22,26). The summed E-state index contributed by atoms with van der Waals surface area (Å²) < 4.78 is 38.8. The van der Waals surface area contributed by atoms with Crippen LogP contribution in [0.25, 0.3) is 0 Å². The van der Waals surface area contributed by atoms with Crippen LogP contribution in [-0.2, 0) is 19.1 Å². The fourth-order valence-electron chi connectivity index (χ4n) is 2.31. The summed E-state index contributed by atoms with van der Waals surface area (Å²) >= 11 is 0. The van der Waals surface area contributed by atoms with Crippen LogP contribution in [0.3, 0.4) is 0 Å². The summed E-state index contributed by atoms with van der Waals surface area (Å²) in [4.78, 5) is 23.8. The summed E-state index contributed by atoms with van der Waals surface area (Å²) in [5.74, 6) is -0.429. The first kappa shape index (κ1) is 19.7. The van der Waals surface area contributed by atoms with Gasteiger partial charge in [-0.15, -0.1) is 0 Å². The van der Waals surface area contributed by atoms with Crippen molar-refractivity contribution >= 4 is 5.91 Å². The fraction of sp³-hybridized carbons (Fsp3) is 0.389. The van der Waals surface area contributed by atoms with Crippen LogP contribution in [0.1, 0.15) is 41.4 Å². The number of benzene rings is 1. The van der Waals surface area contributed by atoms with Crippen molar-refractivity contribution in [2.45, 2.75) is 38.9 Å². The number of aryl methyl sites for hydroxylation is 1. The largest absolute Gasteiger partial charge is 0.416 e. The molecule has 0 atom stereocenters. The number of hydrogen-bond acceptors (Lipinski definition) is 3. The second-order valence-corrected chi connectivity index (χ2v) is 5.83. The highest BCUT2D eigenvalue weighted by atomic mass is 19.4. The number of nitrogens with one attached hydrogen (secondary N) is 1. The molecule has 2 rings (SSSR count). The minimum Gasteiger partial charge on any atom is -0.350 e. The lowest BCUT2D eigenvalue weighted by Gasteiger charge is -2.09. The summed E-state index contributed by atoms with van der Waals surface area (Å²) in [7, 11) is 0. The molecule has 0 aliphatic carbocycles. The van der Waals surface area contributed by atoms with Crippen molar-refractivity contribution < 1.29 is 18.0 Å². The molecule has 1 aromatic carbocycles. The van der Waals surface area contributed by atoms with E-state index in [2.05, 4.69) is 10.4 Å². The molecule has 0 saturated heterocycles. The van der Waals surface area contributed by atoms with Gasteiger partial charge in [0.1, 0.15) is 5.69 Å². The lowest BCUT2D eigenvalue weighted by molar-refractivity contribution is -0.137. The van der Waals surface area contributed by atoms with Crippen molar-refractivity contribution in [1.82, 2.24) is 15.1 Å². The topological polar surface area (TPSA) is 64.0 Å². The lowest BCUT2D eigenvalue weighted by Crippen LogP contribution is -2.30. The van der Waals surface area contributed by atoms with E-state index in [-0.39, 0.29) is 17.8 Å². The SMILES string of the molecule is CCCCn1nc(C(=O)NCCc2ccc(C(F)(F)F)cc2)ccc1=O.